The molecule has 0 aromatic heterocycles. The molecule has 11 heavy (non-hydrogen) atoms. The first-order valence-corrected chi connectivity index (χ1v) is 4.17. The van der Waals surface area contributed by atoms with Crippen molar-refractivity contribution in [2.75, 3.05) is 20.1 Å². The molecule has 0 unspecified atom stereocenters. The van der Waals surface area contributed by atoms with Crippen molar-refractivity contribution in [3.8, 4) is 0 Å². The summed E-state index contributed by atoms with van der Waals surface area (Å²) in [5.74, 6) is 0.199. The van der Waals surface area contributed by atoms with Crippen molar-refractivity contribution in [3.63, 3.8) is 0 Å². The smallest absolute Gasteiger partial charge is 0.219 e. The molecular formula is C8H16N2O. The standard InChI is InChI=1S/C8H16N2O/c1-7(11)10-5-3-4-8(6-10)9-2/h8-9H,3-6H2,1-2H3/t8-/m0/s1. The molecule has 0 aromatic rings. The van der Waals surface area contributed by atoms with E-state index < -0.39 is 0 Å². The lowest BCUT2D eigenvalue weighted by Crippen LogP contribution is -2.46. The zero-order chi connectivity index (χ0) is 8.27. The number of carbonyl (C=O) groups is 1. The maximum atomic E-state index is 11.0. The Morgan fingerprint density at radius 2 is 2.36 bits per heavy atom. The fourth-order valence-electron chi connectivity index (χ4n) is 1.50. The normalized spacial score (nSPS) is 25.3. The molecule has 1 rings (SSSR count). The molecule has 0 aliphatic carbocycles. The second kappa shape index (κ2) is 3.72. The number of piperidine rings is 1. The summed E-state index contributed by atoms with van der Waals surface area (Å²) in [6, 6.07) is 0.507. The van der Waals surface area contributed by atoms with Gasteiger partial charge >= 0.3 is 0 Å². The van der Waals surface area contributed by atoms with Crippen LogP contribution in [0.2, 0.25) is 0 Å². The topological polar surface area (TPSA) is 32.3 Å². The fraction of sp³-hybridized carbons (Fsp3) is 0.875. The van der Waals surface area contributed by atoms with Gasteiger partial charge in [0, 0.05) is 26.1 Å². The third-order valence-corrected chi connectivity index (χ3v) is 2.27. The second-order valence-corrected chi connectivity index (χ2v) is 3.09. The van der Waals surface area contributed by atoms with Crippen molar-refractivity contribution < 1.29 is 4.79 Å². The maximum Gasteiger partial charge on any atom is 0.219 e. The summed E-state index contributed by atoms with van der Waals surface area (Å²) >= 11 is 0. The van der Waals surface area contributed by atoms with E-state index in [9.17, 15) is 4.79 Å². The lowest BCUT2D eigenvalue weighted by atomic mass is 10.1. The van der Waals surface area contributed by atoms with Crippen molar-refractivity contribution in [1.29, 1.82) is 0 Å². The van der Waals surface area contributed by atoms with Gasteiger partial charge in [-0.1, -0.05) is 0 Å². The van der Waals surface area contributed by atoms with Crippen molar-refractivity contribution in [2.45, 2.75) is 25.8 Å². The Morgan fingerprint density at radius 1 is 1.64 bits per heavy atom. The molecule has 1 saturated heterocycles. The van der Waals surface area contributed by atoms with E-state index in [-0.39, 0.29) is 5.91 Å². The Kier molecular flexibility index (Phi) is 2.88. The fourth-order valence-corrected chi connectivity index (χ4v) is 1.50. The van der Waals surface area contributed by atoms with Crippen LogP contribution < -0.4 is 5.32 Å². The van der Waals surface area contributed by atoms with Gasteiger partial charge in [-0.15, -0.1) is 0 Å². The van der Waals surface area contributed by atoms with Crippen LogP contribution in [-0.2, 0) is 4.79 Å². The molecule has 64 valence electrons. The number of likely N-dealkylation sites (tertiary alicyclic amines) is 1. The molecular weight excluding hydrogens is 140 g/mol. The van der Waals surface area contributed by atoms with E-state index in [4.69, 9.17) is 0 Å². The highest BCUT2D eigenvalue weighted by Gasteiger charge is 2.19. The van der Waals surface area contributed by atoms with E-state index in [0.29, 0.717) is 6.04 Å². The Morgan fingerprint density at radius 3 is 2.91 bits per heavy atom. The van der Waals surface area contributed by atoms with Crippen LogP contribution in [-0.4, -0.2) is 37.0 Å². The number of nitrogens with one attached hydrogen (secondary N) is 1. The van der Waals surface area contributed by atoms with Crippen molar-refractivity contribution >= 4 is 5.91 Å². The number of likely N-dealkylation sites (N-methyl/N-ethyl adjacent to an activating group) is 1. The minimum Gasteiger partial charge on any atom is -0.341 e. The van der Waals surface area contributed by atoms with E-state index >= 15 is 0 Å². The molecule has 0 radical (unpaired) electrons. The zero-order valence-corrected chi connectivity index (χ0v) is 7.26. The van der Waals surface area contributed by atoms with Crippen LogP contribution in [0.25, 0.3) is 0 Å². The molecule has 1 heterocycles. The van der Waals surface area contributed by atoms with Gasteiger partial charge in [0.05, 0.1) is 0 Å². The van der Waals surface area contributed by atoms with Gasteiger partial charge in [0.1, 0.15) is 0 Å². The van der Waals surface area contributed by atoms with Gasteiger partial charge in [-0.25, -0.2) is 0 Å². The van der Waals surface area contributed by atoms with Gasteiger partial charge in [-0.3, -0.25) is 4.79 Å². The summed E-state index contributed by atoms with van der Waals surface area (Å²) in [5.41, 5.74) is 0. The molecule has 1 N–H and O–H groups in total. The molecule has 1 amide bonds. The second-order valence-electron chi connectivity index (χ2n) is 3.09. The van der Waals surface area contributed by atoms with Crippen LogP contribution in [0.4, 0.5) is 0 Å². The molecule has 1 fully saturated rings. The van der Waals surface area contributed by atoms with Crippen LogP contribution in [0.3, 0.4) is 0 Å². The summed E-state index contributed by atoms with van der Waals surface area (Å²) in [5, 5.41) is 3.19. The highest BCUT2D eigenvalue weighted by molar-refractivity contribution is 5.73. The lowest BCUT2D eigenvalue weighted by Gasteiger charge is -2.31. The number of rotatable bonds is 1. The van der Waals surface area contributed by atoms with Gasteiger partial charge in [0.2, 0.25) is 5.91 Å². The van der Waals surface area contributed by atoms with Gasteiger partial charge in [-0.05, 0) is 19.9 Å². The SMILES string of the molecule is CN[C@H]1CCCN(C(C)=O)C1. The summed E-state index contributed by atoms with van der Waals surface area (Å²) in [4.78, 5) is 12.9. The Balaban J connectivity index is 2.39. The maximum absolute atomic E-state index is 11.0. The lowest BCUT2D eigenvalue weighted by molar-refractivity contribution is -0.130. The Bertz CT molecular complexity index is 147. The van der Waals surface area contributed by atoms with Crippen molar-refractivity contribution in [2.24, 2.45) is 0 Å². The Hall–Kier alpha value is -0.570. The van der Waals surface area contributed by atoms with Crippen molar-refractivity contribution in [1.82, 2.24) is 10.2 Å². The van der Waals surface area contributed by atoms with E-state index in [0.717, 1.165) is 19.5 Å². The van der Waals surface area contributed by atoms with E-state index in [2.05, 4.69) is 5.32 Å². The van der Waals surface area contributed by atoms with Gasteiger partial charge in [-0.2, -0.15) is 0 Å². The molecule has 3 heteroatoms. The average Bonchev–Trinajstić information content (AvgIpc) is 2.05. The number of amides is 1. The minimum absolute atomic E-state index is 0.199. The number of hydrogen-bond donors (Lipinski definition) is 1. The van der Waals surface area contributed by atoms with Gasteiger partial charge < -0.3 is 10.2 Å². The number of carbonyl (C=O) groups excluding carboxylic acids is 1. The molecule has 0 spiro atoms. The summed E-state index contributed by atoms with van der Waals surface area (Å²) in [6.07, 6.45) is 2.32. The van der Waals surface area contributed by atoms with Gasteiger partial charge in [0.25, 0.3) is 0 Å². The van der Waals surface area contributed by atoms with Crippen LogP contribution in [0, 0.1) is 0 Å². The summed E-state index contributed by atoms with van der Waals surface area (Å²) in [7, 11) is 1.95. The van der Waals surface area contributed by atoms with E-state index in [1.807, 2.05) is 11.9 Å². The number of hydrogen-bond acceptors (Lipinski definition) is 2. The predicted octanol–water partition coefficient (Wildman–Crippen LogP) is 0.217. The summed E-state index contributed by atoms with van der Waals surface area (Å²) in [6.45, 7) is 3.46. The molecule has 0 aromatic carbocycles. The molecule has 0 bridgehead atoms. The molecule has 1 atom stereocenters. The third-order valence-electron chi connectivity index (χ3n) is 2.27. The van der Waals surface area contributed by atoms with Crippen LogP contribution >= 0.6 is 0 Å². The minimum atomic E-state index is 0.199. The zero-order valence-electron chi connectivity index (χ0n) is 7.26. The van der Waals surface area contributed by atoms with E-state index in [1.165, 1.54) is 6.42 Å². The molecule has 3 nitrogen and oxygen atoms in total. The third kappa shape index (κ3) is 2.19. The van der Waals surface area contributed by atoms with Crippen LogP contribution in [0.1, 0.15) is 19.8 Å². The molecule has 0 saturated carbocycles. The predicted molar refractivity (Wildman–Crippen MR) is 44.3 cm³/mol. The average molecular weight is 156 g/mol. The van der Waals surface area contributed by atoms with Gasteiger partial charge in [0.15, 0.2) is 0 Å². The Labute approximate surface area is 67.8 Å². The van der Waals surface area contributed by atoms with Crippen molar-refractivity contribution in [3.05, 3.63) is 0 Å². The highest BCUT2D eigenvalue weighted by Crippen LogP contribution is 2.09. The number of nitrogens with zero attached hydrogens (tertiary/aromatic N) is 1. The first-order valence-electron chi connectivity index (χ1n) is 4.17. The largest absolute Gasteiger partial charge is 0.341 e. The highest BCUT2D eigenvalue weighted by atomic mass is 16.2. The molecule has 1 aliphatic rings. The molecule has 1 aliphatic heterocycles. The van der Waals surface area contributed by atoms with E-state index in [1.54, 1.807) is 6.92 Å². The summed E-state index contributed by atoms with van der Waals surface area (Å²) < 4.78 is 0. The monoisotopic (exact) mass is 156 g/mol. The quantitative estimate of drug-likeness (QED) is 0.589. The first kappa shape index (κ1) is 8.53. The first-order chi connectivity index (χ1) is 5.24. The van der Waals surface area contributed by atoms with Crippen LogP contribution in [0.15, 0.2) is 0 Å². The van der Waals surface area contributed by atoms with Crippen LogP contribution in [0.5, 0.6) is 0 Å².